The second kappa shape index (κ2) is 3.48. The second-order valence-corrected chi connectivity index (χ2v) is 3.59. The molecule has 15 heavy (non-hydrogen) atoms. The molecule has 0 aliphatic carbocycles. The van der Waals surface area contributed by atoms with E-state index in [1.54, 1.807) is 6.92 Å². The van der Waals surface area contributed by atoms with Gasteiger partial charge in [-0.15, -0.1) is 0 Å². The van der Waals surface area contributed by atoms with Gasteiger partial charge in [0.1, 0.15) is 11.9 Å². The Kier molecular flexibility index (Phi) is 2.29. The van der Waals surface area contributed by atoms with Crippen molar-refractivity contribution >= 4 is 22.5 Å². The number of hydrogen-bond acceptors (Lipinski definition) is 2. The number of aromatic nitrogens is 1. The molecule has 1 aromatic heterocycles. The largest absolute Gasteiger partial charge is 0.254 e. The molecule has 2 rings (SSSR count). The first-order chi connectivity index (χ1) is 7.13. The summed E-state index contributed by atoms with van der Waals surface area (Å²) in [5.41, 5.74) is 1.59. The summed E-state index contributed by atoms with van der Waals surface area (Å²) in [5, 5.41) is 9.48. The molecule has 1 heterocycles. The lowest BCUT2D eigenvalue weighted by molar-refractivity contribution is 0.628. The van der Waals surface area contributed by atoms with Crippen molar-refractivity contribution in [1.29, 1.82) is 5.26 Å². The van der Waals surface area contributed by atoms with Crippen LogP contribution in [0.15, 0.2) is 18.3 Å². The average molecular weight is 221 g/mol. The fraction of sp³-hybridized carbons (Fsp3) is 0.0909. The SMILES string of the molecule is Cc1cc(F)cc2c(Cl)c(C#N)cnc12. The van der Waals surface area contributed by atoms with Gasteiger partial charge in [-0.05, 0) is 24.6 Å². The van der Waals surface area contributed by atoms with Crippen LogP contribution in [0.1, 0.15) is 11.1 Å². The van der Waals surface area contributed by atoms with E-state index < -0.39 is 0 Å². The molecule has 0 bridgehead atoms. The van der Waals surface area contributed by atoms with Gasteiger partial charge in [0.05, 0.1) is 16.1 Å². The molecule has 2 aromatic rings. The molecule has 0 saturated heterocycles. The van der Waals surface area contributed by atoms with Crippen LogP contribution >= 0.6 is 11.6 Å². The Balaban J connectivity index is 2.94. The topological polar surface area (TPSA) is 36.7 Å². The predicted octanol–water partition coefficient (Wildman–Crippen LogP) is 3.21. The Morgan fingerprint density at radius 2 is 2.20 bits per heavy atom. The first kappa shape index (κ1) is 9.88. The fourth-order valence-electron chi connectivity index (χ4n) is 1.48. The van der Waals surface area contributed by atoms with E-state index in [0.29, 0.717) is 16.5 Å². The molecule has 0 unspecified atom stereocenters. The second-order valence-electron chi connectivity index (χ2n) is 3.22. The van der Waals surface area contributed by atoms with Gasteiger partial charge >= 0.3 is 0 Å². The highest BCUT2D eigenvalue weighted by molar-refractivity contribution is 6.36. The van der Waals surface area contributed by atoms with Crippen LogP contribution in [0, 0.1) is 24.1 Å². The van der Waals surface area contributed by atoms with E-state index in [2.05, 4.69) is 4.98 Å². The zero-order valence-corrected chi connectivity index (χ0v) is 8.64. The zero-order chi connectivity index (χ0) is 11.0. The Morgan fingerprint density at radius 1 is 1.47 bits per heavy atom. The highest BCUT2D eigenvalue weighted by atomic mass is 35.5. The first-order valence-corrected chi connectivity index (χ1v) is 4.65. The standard InChI is InChI=1S/C11H6ClFN2/c1-6-2-8(13)3-9-10(12)7(4-14)5-15-11(6)9/h2-3,5H,1H3. The normalized spacial score (nSPS) is 10.3. The van der Waals surface area contributed by atoms with Gasteiger partial charge in [-0.25, -0.2) is 4.39 Å². The molecule has 2 nitrogen and oxygen atoms in total. The maximum absolute atomic E-state index is 13.1. The summed E-state index contributed by atoms with van der Waals surface area (Å²) in [7, 11) is 0. The Morgan fingerprint density at radius 3 is 2.87 bits per heavy atom. The van der Waals surface area contributed by atoms with Crippen molar-refractivity contribution in [3.63, 3.8) is 0 Å². The molecular formula is C11H6ClFN2. The fourth-order valence-corrected chi connectivity index (χ4v) is 1.72. The number of halogens is 2. The predicted molar refractivity (Wildman–Crippen MR) is 56.2 cm³/mol. The van der Waals surface area contributed by atoms with Crippen LogP contribution in [0.4, 0.5) is 4.39 Å². The van der Waals surface area contributed by atoms with Crippen molar-refractivity contribution in [3.8, 4) is 6.07 Å². The summed E-state index contributed by atoms with van der Waals surface area (Å²) in [6.07, 6.45) is 1.40. The van der Waals surface area contributed by atoms with Crippen molar-refractivity contribution in [2.24, 2.45) is 0 Å². The maximum Gasteiger partial charge on any atom is 0.124 e. The number of aryl methyl sites for hydroxylation is 1. The Bertz CT molecular complexity index is 587. The van der Waals surface area contributed by atoms with Crippen LogP contribution in [0.25, 0.3) is 10.9 Å². The molecule has 4 heteroatoms. The third-order valence-electron chi connectivity index (χ3n) is 2.18. The van der Waals surface area contributed by atoms with Gasteiger partial charge in [0.15, 0.2) is 0 Å². The number of nitriles is 1. The lowest BCUT2D eigenvalue weighted by Gasteiger charge is -2.04. The van der Waals surface area contributed by atoms with E-state index in [1.807, 2.05) is 6.07 Å². The lowest BCUT2D eigenvalue weighted by atomic mass is 10.1. The minimum Gasteiger partial charge on any atom is -0.254 e. The van der Waals surface area contributed by atoms with E-state index in [1.165, 1.54) is 18.3 Å². The Hall–Kier alpha value is -1.66. The molecule has 0 aliphatic rings. The summed E-state index contributed by atoms with van der Waals surface area (Å²) >= 11 is 5.96. The number of rotatable bonds is 0. The minimum absolute atomic E-state index is 0.255. The van der Waals surface area contributed by atoms with E-state index in [0.717, 1.165) is 0 Å². The quantitative estimate of drug-likeness (QED) is 0.684. The maximum atomic E-state index is 13.1. The van der Waals surface area contributed by atoms with E-state index in [-0.39, 0.29) is 16.4 Å². The summed E-state index contributed by atoms with van der Waals surface area (Å²) in [5.74, 6) is -0.376. The van der Waals surface area contributed by atoms with Crippen molar-refractivity contribution in [2.45, 2.75) is 6.92 Å². The van der Waals surface area contributed by atoms with E-state index >= 15 is 0 Å². The molecular weight excluding hydrogens is 215 g/mol. The van der Waals surface area contributed by atoms with Crippen LogP contribution in [0.5, 0.6) is 0 Å². The number of fused-ring (bicyclic) bond motifs is 1. The summed E-state index contributed by atoms with van der Waals surface area (Å²) in [6.45, 7) is 1.75. The molecule has 0 amide bonds. The van der Waals surface area contributed by atoms with E-state index in [4.69, 9.17) is 16.9 Å². The van der Waals surface area contributed by atoms with Gasteiger partial charge in [-0.3, -0.25) is 4.98 Å². The van der Waals surface area contributed by atoms with Crippen molar-refractivity contribution in [2.75, 3.05) is 0 Å². The van der Waals surface area contributed by atoms with Crippen LogP contribution < -0.4 is 0 Å². The van der Waals surface area contributed by atoms with Gasteiger partial charge in [-0.2, -0.15) is 5.26 Å². The van der Waals surface area contributed by atoms with Crippen molar-refractivity contribution in [1.82, 2.24) is 4.98 Å². The molecule has 0 fully saturated rings. The monoisotopic (exact) mass is 220 g/mol. The molecule has 74 valence electrons. The van der Waals surface area contributed by atoms with Crippen LogP contribution in [0.2, 0.25) is 5.02 Å². The van der Waals surface area contributed by atoms with Gasteiger partial charge in [-0.1, -0.05) is 11.6 Å². The molecule has 0 N–H and O–H groups in total. The summed E-state index contributed by atoms with van der Waals surface area (Å²) < 4.78 is 13.1. The molecule has 1 aromatic carbocycles. The minimum atomic E-state index is -0.376. The third kappa shape index (κ3) is 1.53. The molecule has 0 spiro atoms. The van der Waals surface area contributed by atoms with E-state index in [9.17, 15) is 4.39 Å². The number of pyridine rings is 1. The van der Waals surface area contributed by atoms with Gasteiger partial charge < -0.3 is 0 Å². The third-order valence-corrected chi connectivity index (χ3v) is 2.59. The highest BCUT2D eigenvalue weighted by Gasteiger charge is 2.09. The van der Waals surface area contributed by atoms with Crippen molar-refractivity contribution in [3.05, 3.63) is 40.3 Å². The van der Waals surface area contributed by atoms with Gasteiger partial charge in [0, 0.05) is 11.6 Å². The molecule has 0 atom stereocenters. The van der Waals surface area contributed by atoms with Crippen LogP contribution in [-0.2, 0) is 0 Å². The van der Waals surface area contributed by atoms with Gasteiger partial charge in [0.25, 0.3) is 0 Å². The summed E-state index contributed by atoms with van der Waals surface area (Å²) in [4.78, 5) is 4.08. The van der Waals surface area contributed by atoms with Gasteiger partial charge in [0.2, 0.25) is 0 Å². The number of benzene rings is 1. The average Bonchev–Trinajstić information content (AvgIpc) is 2.19. The summed E-state index contributed by atoms with van der Waals surface area (Å²) in [6, 6.07) is 4.59. The lowest BCUT2D eigenvalue weighted by Crippen LogP contribution is -1.89. The smallest absolute Gasteiger partial charge is 0.124 e. The number of hydrogen-bond donors (Lipinski definition) is 0. The Labute approximate surface area is 90.9 Å². The van der Waals surface area contributed by atoms with Crippen LogP contribution in [0.3, 0.4) is 0 Å². The molecule has 0 saturated carbocycles. The zero-order valence-electron chi connectivity index (χ0n) is 7.88. The first-order valence-electron chi connectivity index (χ1n) is 4.28. The molecule has 0 aliphatic heterocycles. The number of nitrogens with zero attached hydrogens (tertiary/aromatic N) is 2. The van der Waals surface area contributed by atoms with Crippen molar-refractivity contribution < 1.29 is 4.39 Å². The van der Waals surface area contributed by atoms with Crippen LogP contribution in [-0.4, -0.2) is 4.98 Å². The molecule has 0 radical (unpaired) electrons. The highest BCUT2D eigenvalue weighted by Crippen LogP contribution is 2.27.